The van der Waals surface area contributed by atoms with Crippen LogP contribution in [0.25, 0.3) is 0 Å². The Morgan fingerprint density at radius 1 is 1.12 bits per heavy atom. The third kappa shape index (κ3) is 4.08. The summed E-state index contributed by atoms with van der Waals surface area (Å²) in [6, 6.07) is 8.15. The number of aromatic nitrogens is 2. The minimum absolute atomic E-state index is 0.0330. The minimum Gasteiger partial charge on any atom is -0.497 e. The van der Waals surface area contributed by atoms with Gasteiger partial charge in [0.15, 0.2) is 0 Å². The zero-order valence-corrected chi connectivity index (χ0v) is 13.9. The van der Waals surface area contributed by atoms with E-state index in [2.05, 4.69) is 27.0 Å². The van der Waals surface area contributed by atoms with Crippen LogP contribution in [0.15, 0.2) is 42.9 Å². The fraction of sp³-hybridized carbons (Fsp3) is 0.389. The van der Waals surface area contributed by atoms with Gasteiger partial charge in [0.05, 0.1) is 13.3 Å². The second-order valence-corrected chi connectivity index (χ2v) is 5.86. The van der Waals surface area contributed by atoms with Gasteiger partial charge in [-0.25, -0.2) is 4.98 Å². The second-order valence-electron chi connectivity index (χ2n) is 5.86. The molecule has 1 fully saturated rings. The summed E-state index contributed by atoms with van der Waals surface area (Å²) >= 11 is 0. The van der Waals surface area contributed by atoms with Crippen LogP contribution in [-0.2, 0) is 6.54 Å². The summed E-state index contributed by atoms with van der Waals surface area (Å²) in [5, 5.41) is 0. The van der Waals surface area contributed by atoms with E-state index < -0.39 is 0 Å². The van der Waals surface area contributed by atoms with Crippen molar-refractivity contribution in [3.8, 4) is 5.75 Å². The van der Waals surface area contributed by atoms with Gasteiger partial charge in [0.2, 0.25) is 0 Å². The lowest BCUT2D eigenvalue weighted by Gasteiger charge is -2.21. The van der Waals surface area contributed by atoms with Gasteiger partial charge in [-0.2, -0.15) is 0 Å². The summed E-state index contributed by atoms with van der Waals surface area (Å²) in [5.41, 5.74) is 1.67. The minimum atomic E-state index is -0.0330. The Kier molecular flexibility index (Phi) is 5.38. The topological polar surface area (TPSA) is 58.6 Å². The van der Waals surface area contributed by atoms with Gasteiger partial charge in [-0.3, -0.25) is 14.7 Å². The average molecular weight is 326 g/mol. The molecule has 1 amide bonds. The number of amides is 1. The molecule has 0 spiro atoms. The molecule has 0 bridgehead atoms. The van der Waals surface area contributed by atoms with Crippen molar-refractivity contribution in [1.29, 1.82) is 0 Å². The predicted molar refractivity (Wildman–Crippen MR) is 90.8 cm³/mol. The van der Waals surface area contributed by atoms with Crippen molar-refractivity contribution in [2.45, 2.75) is 13.0 Å². The maximum absolute atomic E-state index is 12.5. The van der Waals surface area contributed by atoms with Crippen LogP contribution in [0.4, 0.5) is 0 Å². The third-order valence-electron chi connectivity index (χ3n) is 4.22. The largest absolute Gasteiger partial charge is 0.497 e. The number of carbonyl (C=O) groups excluding carboxylic acids is 1. The van der Waals surface area contributed by atoms with Crippen LogP contribution >= 0.6 is 0 Å². The molecule has 6 heteroatoms. The Hall–Kier alpha value is -2.47. The van der Waals surface area contributed by atoms with Gasteiger partial charge in [-0.15, -0.1) is 0 Å². The fourth-order valence-electron chi connectivity index (χ4n) is 2.89. The van der Waals surface area contributed by atoms with E-state index in [9.17, 15) is 4.79 Å². The zero-order valence-electron chi connectivity index (χ0n) is 13.9. The summed E-state index contributed by atoms with van der Waals surface area (Å²) in [4.78, 5) is 24.8. The summed E-state index contributed by atoms with van der Waals surface area (Å²) in [6.45, 7) is 4.20. The van der Waals surface area contributed by atoms with Gasteiger partial charge in [-0.05, 0) is 24.1 Å². The predicted octanol–water partition coefficient (Wildman–Crippen LogP) is 1.83. The van der Waals surface area contributed by atoms with E-state index >= 15 is 0 Å². The Morgan fingerprint density at radius 3 is 2.67 bits per heavy atom. The number of ether oxygens (including phenoxy) is 1. The highest BCUT2D eigenvalue weighted by atomic mass is 16.5. The molecule has 0 aliphatic carbocycles. The molecule has 1 saturated heterocycles. The highest BCUT2D eigenvalue weighted by molar-refractivity contribution is 5.91. The van der Waals surface area contributed by atoms with Crippen molar-refractivity contribution in [3.05, 3.63) is 54.1 Å². The van der Waals surface area contributed by atoms with Gasteiger partial charge in [0.1, 0.15) is 11.4 Å². The van der Waals surface area contributed by atoms with Gasteiger partial charge in [0, 0.05) is 45.1 Å². The number of carbonyl (C=O) groups is 1. The maximum atomic E-state index is 12.5. The highest BCUT2D eigenvalue weighted by Gasteiger charge is 2.21. The molecule has 6 nitrogen and oxygen atoms in total. The average Bonchev–Trinajstić information content (AvgIpc) is 2.88. The molecule has 2 heterocycles. The molecular weight excluding hydrogens is 304 g/mol. The first kappa shape index (κ1) is 16.4. The molecule has 0 unspecified atom stereocenters. The summed E-state index contributed by atoms with van der Waals surface area (Å²) in [7, 11) is 1.67. The molecular formula is C18H22N4O2. The fourth-order valence-corrected chi connectivity index (χ4v) is 2.89. The van der Waals surface area contributed by atoms with E-state index in [4.69, 9.17) is 4.74 Å². The highest BCUT2D eigenvalue weighted by Crippen LogP contribution is 2.14. The smallest absolute Gasteiger partial charge is 0.274 e. The van der Waals surface area contributed by atoms with Crippen LogP contribution in [0, 0.1) is 0 Å². The Bertz CT molecular complexity index is 660. The third-order valence-corrected chi connectivity index (χ3v) is 4.22. The van der Waals surface area contributed by atoms with Crippen LogP contribution in [-0.4, -0.2) is 59.0 Å². The van der Waals surface area contributed by atoms with Crippen LogP contribution < -0.4 is 4.74 Å². The molecule has 0 N–H and O–H groups in total. The van der Waals surface area contributed by atoms with Crippen molar-refractivity contribution < 1.29 is 9.53 Å². The van der Waals surface area contributed by atoms with Crippen LogP contribution in [0.2, 0.25) is 0 Å². The lowest BCUT2D eigenvalue weighted by atomic mass is 10.2. The molecule has 3 rings (SSSR count). The maximum Gasteiger partial charge on any atom is 0.274 e. The van der Waals surface area contributed by atoms with Crippen molar-refractivity contribution >= 4 is 5.91 Å². The lowest BCUT2D eigenvalue weighted by molar-refractivity contribution is 0.0754. The van der Waals surface area contributed by atoms with Crippen LogP contribution in [0.1, 0.15) is 22.5 Å². The molecule has 1 aromatic heterocycles. The van der Waals surface area contributed by atoms with E-state index in [0.717, 1.165) is 38.3 Å². The number of hydrogen-bond donors (Lipinski definition) is 0. The Morgan fingerprint density at radius 2 is 1.96 bits per heavy atom. The summed E-state index contributed by atoms with van der Waals surface area (Å²) < 4.78 is 5.19. The molecule has 0 radical (unpaired) electrons. The van der Waals surface area contributed by atoms with Crippen molar-refractivity contribution in [1.82, 2.24) is 19.8 Å². The molecule has 1 aliphatic heterocycles. The second kappa shape index (κ2) is 7.88. The summed E-state index contributed by atoms with van der Waals surface area (Å²) in [6.07, 6.45) is 5.63. The molecule has 126 valence electrons. The van der Waals surface area contributed by atoms with E-state index in [1.807, 2.05) is 17.0 Å². The summed E-state index contributed by atoms with van der Waals surface area (Å²) in [5.74, 6) is 0.838. The van der Waals surface area contributed by atoms with E-state index in [1.165, 1.54) is 11.8 Å². The standard InChI is InChI=1S/C18H22N4O2/c1-24-16-5-3-15(4-6-16)14-21-9-2-10-22(12-11-21)18(23)17-13-19-7-8-20-17/h3-8,13H,2,9-12,14H2,1H3. The molecule has 0 atom stereocenters. The van der Waals surface area contributed by atoms with Gasteiger partial charge >= 0.3 is 0 Å². The quantitative estimate of drug-likeness (QED) is 0.858. The normalized spacial score (nSPS) is 15.8. The van der Waals surface area contributed by atoms with E-state index in [-0.39, 0.29) is 5.91 Å². The number of methoxy groups -OCH3 is 1. The molecule has 1 aliphatic rings. The van der Waals surface area contributed by atoms with Gasteiger partial charge in [0.25, 0.3) is 5.91 Å². The van der Waals surface area contributed by atoms with Crippen LogP contribution in [0.3, 0.4) is 0 Å². The zero-order chi connectivity index (χ0) is 16.8. The SMILES string of the molecule is COc1ccc(CN2CCCN(C(=O)c3cnccn3)CC2)cc1. The van der Waals surface area contributed by atoms with E-state index in [1.54, 1.807) is 19.5 Å². The first-order chi connectivity index (χ1) is 11.8. The Balaban J connectivity index is 1.57. The molecule has 24 heavy (non-hydrogen) atoms. The Labute approximate surface area is 142 Å². The monoisotopic (exact) mass is 326 g/mol. The number of hydrogen-bond acceptors (Lipinski definition) is 5. The molecule has 1 aromatic carbocycles. The first-order valence-electron chi connectivity index (χ1n) is 8.17. The van der Waals surface area contributed by atoms with Gasteiger partial charge < -0.3 is 9.64 Å². The van der Waals surface area contributed by atoms with Crippen molar-refractivity contribution in [2.75, 3.05) is 33.3 Å². The number of benzene rings is 1. The molecule has 2 aromatic rings. The lowest BCUT2D eigenvalue weighted by Crippen LogP contribution is -2.35. The van der Waals surface area contributed by atoms with E-state index in [0.29, 0.717) is 12.2 Å². The van der Waals surface area contributed by atoms with Crippen LogP contribution in [0.5, 0.6) is 5.75 Å². The van der Waals surface area contributed by atoms with Crippen molar-refractivity contribution in [2.24, 2.45) is 0 Å². The van der Waals surface area contributed by atoms with Gasteiger partial charge in [-0.1, -0.05) is 12.1 Å². The first-order valence-corrected chi connectivity index (χ1v) is 8.17. The number of rotatable bonds is 4. The number of nitrogens with zero attached hydrogens (tertiary/aromatic N) is 4. The van der Waals surface area contributed by atoms with Crippen molar-refractivity contribution in [3.63, 3.8) is 0 Å². The molecule has 0 saturated carbocycles.